The smallest absolute Gasteiger partial charge is 0.221 e. The molecule has 0 unspecified atom stereocenters. The third-order valence-corrected chi connectivity index (χ3v) is 1.89. The molecule has 0 bridgehead atoms. The molecule has 0 spiro atoms. The molecular formula is C9H6O4. The minimum absolute atomic E-state index is 0.0246. The third kappa shape index (κ3) is 1.03. The molecular weight excluding hydrogens is 172 g/mol. The number of aliphatic hydroxyl groups excluding tert-OH is 1. The van der Waals surface area contributed by atoms with Gasteiger partial charge in [-0.1, -0.05) is 0 Å². The van der Waals surface area contributed by atoms with Gasteiger partial charge in [0.25, 0.3) is 0 Å². The highest BCUT2D eigenvalue weighted by molar-refractivity contribution is 6.21. The van der Waals surface area contributed by atoms with Crippen LogP contribution in [-0.2, 0) is 6.61 Å². The maximum absolute atomic E-state index is 11.3. The van der Waals surface area contributed by atoms with E-state index in [-0.39, 0.29) is 29.5 Å². The van der Waals surface area contributed by atoms with Crippen LogP contribution in [0.4, 0.5) is 0 Å². The fourth-order valence-electron chi connectivity index (χ4n) is 1.27. The molecule has 2 rings (SSSR count). The standard InChI is InChI=1S/C9H6O4/c10-3-5-4-13-9-7(12)2-1-6(11)8(5)9/h1-2,4,10H,3H2. The minimum Gasteiger partial charge on any atom is -0.460 e. The number of ketones is 2. The Hall–Kier alpha value is -1.68. The minimum atomic E-state index is -0.339. The molecule has 1 N–H and O–H groups in total. The predicted octanol–water partition coefficient (Wildman–Crippen LogP) is 0.707. The molecule has 0 saturated heterocycles. The molecule has 4 nitrogen and oxygen atoms in total. The fraction of sp³-hybridized carbons (Fsp3) is 0.111. The summed E-state index contributed by atoms with van der Waals surface area (Å²) >= 11 is 0. The van der Waals surface area contributed by atoms with Crippen molar-refractivity contribution in [3.05, 3.63) is 35.3 Å². The van der Waals surface area contributed by atoms with Crippen molar-refractivity contribution in [3.63, 3.8) is 0 Å². The summed E-state index contributed by atoms with van der Waals surface area (Å²) in [6.45, 7) is -0.300. The summed E-state index contributed by atoms with van der Waals surface area (Å²) in [6.07, 6.45) is 3.57. The van der Waals surface area contributed by atoms with E-state index in [1.807, 2.05) is 0 Å². The van der Waals surface area contributed by atoms with Gasteiger partial charge in [0.2, 0.25) is 5.78 Å². The highest BCUT2D eigenvalue weighted by Gasteiger charge is 2.25. The van der Waals surface area contributed by atoms with Crippen LogP contribution in [0.5, 0.6) is 0 Å². The van der Waals surface area contributed by atoms with Gasteiger partial charge in [0.05, 0.1) is 18.4 Å². The number of fused-ring (bicyclic) bond motifs is 1. The molecule has 1 heterocycles. The van der Waals surface area contributed by atoms with Gasteiger partial charge in [-0.15, -0.1) is 0 Å². The first kappa shape index (κ1) is 7.94. The van der Waals surface area contributed by atoms with Crippen LogP contribution in [0.15, 0.2) is 22.8 Å². The number of carbonyl (C=O) groups excluding carboxylic acids is 2. The lowest BCUT2D eigenvalue weighted by molar-refractivity contribution is 0.0974. The molecule has 0 atom stereocenters. The normalized spacial score (nSPS) is 14.8. The molecule has 1 aliphatic carbocycles. The molecule has 1 aromatic rings. The Kier molecular flexibility index (Phi) is 1.63. The van der Waals surface area contributed by atoms with E-state index in [0.717, 1.165) is 6.08 Å². The molecule has 0 fully saturated rings. The number of rotatable bonds is 1. The lowest BCUT2D eigenvalue weighted by atomic mass is 9.99. The van der Waals surface area contributed by atoms with E-state index in [1.54, 1.807) is 0 Å². The average Bonchev–Trinajstić information content (AvgIpc) is 2.56. The second-order valence-corrected chi connectivity index (χ2v) is 2.69. The number of allylic oxidation sites excluding steroid dienone is 2. The maximum Gasteiger partial charge on any atom is 0.221 e. The Bertz CT molecular complexity index is 411. The van der Waals surface area contributed by atoms with E-state index in [2.05, 4.69) is 0 Å². The monoisotopic (exact) mass is 178 g/mol. The van der Waals surface area contributed by atoms with Crippen molar-refractivity contribution < 1.29 is 19.1 Å². The van der Waals surface area contributed by atoms with E-state index in [9.17, 15) is 9.59 Å². The number of carbonyl (C=O) groups is 2. The van der Waals surface area contributed by atoms with Crippen LogP contribution in [0.2, 0.25) is 0 Å². The number of hydrogen-bond donors (Lipinski definition) is 1. The van der Waals surface area contributed by atoms with Crippen molar-refractivity contribution in [1.82, 2.24) is 0 Å². The summed E-state index contributed by atoms with van der Waals surface area (Å²) in [7, 11) is 0. The van der Waals surface area contributed by atoms with E-state index in [0.29, 0.717) is 5.56 Å². The van der Waals surface area contributed by atoms with Gasteiger partial charge in [0.1, 0.15) is 0 Å². The number of aliphatic hydroxyl groups is 1. The van der Waals surface area contributed by atoms with Gasteiger partial charge in [-0.25, -0.2) is 0 Å². The summed E-state index contributed by atoms with van der Waals surface area (Å²) in [5, 5.41) is 8.84. The van der Waals surface area contributed by atoms with Gasteiger partial charge >= 0.3 is 0 Å². The summed E-state index contributed by atoms with van der Waals surface area (Å²) in [5.41, 5.74) is 0.549. The van der Waals surface area contributed by atoms with Crippen LogP contribution in [0.3, 0.4) is 0 Å². The Morgan fingerprint density at radius 2 is 1.92 bits per heavy atom. The SMILES string of the molecule is O=C1C=CC(=O)c2c(CO)coc21. The summed E-state index contributed by atoms with van der Waals surface area (Å²) in [6, 6.07) is 0. The summed E-state index contributed by atoms with van der Waals surface area (Å²) in [5.74, 6) is -0.613. The predicted molar refractivity (Wildman–Crippen MR) is 42.4 cm³/mol. The van der Waals surface area contributed by atoms with Crippen molar-refractivity contribution >= 4 is 11.6 Å². The molecule has 0 amide bonds. The van der Waals surface area contributed by atoms with Crippen LogP contribution >= 0.6 is 0 Å². The lowest BCUT2D eigenvalue weighted by Crippen LogP contribution is -2.10. The molecule has 0 saturated carbocycles. The third-order valence-electron chi connectivity index (χ3n) is 1.89. The lowest BCUT2D eigenvalue weighted by Gasteiger charge is -2.01. The van der Waals surface area contributed by atoms with Gasteiger partial charge in [0.15, 0.2) is 11.5 Å². The van der Waals surface area contributed by atoms with E-state index < -0.39 is 0 Å². The zero-order valence-electron chi connectivity index (χ0n) is 6.61. The van der Waals surface area contributed by atoms with Crippen molar-refractivity contribution in [3.8, 4) is 0 Å². The molecule has 0 radical (unpaired) electrons. The summed E-state index contributed by atoms with van der Waals surface area (Å²) < 4.78 is 4.88. The molecule has 66 valence electrons. The molecule has 1 aromatic heterocycles. The maximum atomic E-state index is 11.3. The highest BCUT2D eigenvalue weighted by atomic mass is 16.3. The van der Waals surface area contributed by atoms with E-state index in [4.69, 9.17) is 9.52 Å². The van der Waals surface area contributed by atoms with Crippen molar-refractivity contribution in [2.24, 2.45) is 0 Å². The Labute approximate surface area is 73.5 Å². The first-order valence-electron chi connectivity index (χ1n) is 3.72. The first-order chi connectivity index (χ1) is 6.24. The average molecular weight is 178 g/mol. The highest BCUT2D eigenvalue weighted by Crippen LogP contribution is 2.22. The van der Waals surface area contributed by atoms with Crippen molar-refractivity contribution in [2.45, 2.75) is 6.61 Å². The quantitative estimate of drug-likeness (QED) is 0.687. The van der Waals surface area contributed by atoms with Crippen LogP contribution in [0.25, 0.3) is 0 Å². The van der Waals surface area contributed by atoms with E-state index in [1.165, 1.54) is 12.3 Å². The first-order valence-corrected chi connectivity index (χ1v) is 3.72. The van der Waals surface area contributed by atoms with Gasteiger partial charge in [0, 0.05) is 5.56 Å². The summed E-state index contributed by atoms with van der Waals surface area (Å²) in [4.78, 5) is 22.4. The largest absolute Gasteiger partial charge is 0.460 e. The van der Waals surface area contributed by atoms with Crippen molar-refractivity contribution in [1.29, 1.82) is 0 Å². The van der Waals surface area contributed by atoms with Crippen LogP contribution in [0, 0.1) is 0 Å². The second-order valence-electron chi connectivity index (χ2n) is 2.69. The Morgan fingerprint density at radius 3 is 2.62 bits per heavy atom. The van der Waals surface area contributed by atoms with Gasteiger partial charge in [-0.05, 0) is 12.2 Å². The van der Waals surface area contributed by atoms with Crippen LogP contribution in [0.1, 0.15) is 26.5 Å². The van der Waals surface area contributed by atoms with Gasteiger partial charge in [-0.2, -0.15) is 0 Å². The fourth-order valence-corrected chi connectivity index (χ4v) is 1.27. The number of furan rings is 1. The molecule has 13 heavy (non-hydrogen) atoms. The Balaban J connectivity index is 2.65. The molecule has 1 aliphatic rings. The number of hydrogen-bond acceptors (Lipinski definition) is 4. The van der Waals surface area contributed by atoms with Crippen LogP contribution in [-0.4, -0.2) is 16.7 Å². The zero-order chi connectivity index (χ0) is 9.42. The topological polar surface area (TPSA) is 67.5 Å². The zero-order valence-corrected chi connectivity index (χ0v) is 6.61. The van der Waals surface area contributed by atoms with Gasteiger partial charge < -0.3 is 9.52 Å². The molecule has 4 heteroatoms. The van der Waals surface area contributed by atoms with E-state index >= 15 is 0 Å². The second kappa shape index (κ2) is 2.67. The Morgan fingerprint density at radius 1 is 1.23 bits per heavy atom. The molecule has 0 aromatic carbocycles. The van der Waals surface area contributed by atoms with Crippen molar-refractivity contribution in [2.75, 3.05) is 0 Å². The van der Waals surface area contributed by atoms with Crippen LogP contribution < -0.4 is 0 Å². The van der Waals surface area contributed by atoms with Gasteiger partial charge in [-0.3, -0.25) is 9.59 Å². The molecule has 0 aliphatic heterocycles.